The quantitative estimate of drug-likeness (QED) is 0.640. The molecule has 0 bridgehead atoms. The van der Waals surface area contributed by atoms with Gasteiger partial charge in [0, 0.05) is 5.56 Å². The van der Waals surface area contributed by atoms with Gasteiger partial charge in [-0.15, -0.1) is 0 Å². The fourth-order valence-electron chi connectivity index (χ4n) is 1.71. The lowest BCUT2D eigenvalue weighted by Gasteiger charge is -2.20. The van der Waals surface area contributed by atoms with Crippen molar-refractivity contribution >= 4 is 6.29 Å². The van der Waals surface area contributed by atoms with Gasteiger partial charge in [0.05, 0.1) is 6.10 Å². The Hall–Kier alpha value is -1.23. The van der Waals surface area contributed by atoms with Crippen LogP contribution in [-0.2, 0) is 0 Å². The van der Waals surface area contributed by atoms with Gasteiger partial charge in [0.1, 0.15) is 12.4 Å². The summed E-state index contributed by atoms with van der Waals surface area (Å²) < 4.78 is 0. The van der Waals surface area contributed by atoms with Crippen molar-refractivity contribution in [2.75, 3.05) is 13.6 Å². The minimum atomic E-state index is -0.955. The monoisotopic (exact) mass is 237 g/mol. The maximum Gasteiger partial charge on any atom is 0.150 e. The van der Waals surface area contributed by atoms with Crippen LogP contribution < -0.4 is 5.32 Å². The molecule has 0 saturated carbocycles. The van der Waals surface area contributed by atoms with Gasteiger partial charge in [-0.1, -0.05) is 12.1 Å². The smallest absolute Gasteiger partial charge is 0.150 e. The number of aliphatic hydroxyl groups excluding tert-OH is 2. The molecule has 2 atom stereocenters. The van der Waals surface area contributed by atoms with E-state index in [1.807, 2.05) is 6.92 Å². The number of hydrogen-bond acceptors (Lipinski definition) is 4. The number of carbonyl (C=O) groups is 1. The van der Waals surface area contributed by atoms with E-state index in [2.05, 4.69) is 5.32 Å². The summed E-state index contributed by atoms with van der Waals surface area (Å²) >= 11 is 0. The van der Waals surface area contributed by atoms with Gasteiger partial charge in [-0.25, -0.2) is 0 Å². The number of benzene rings is 1. The molecule has 4 heteroatoms. The molecule has 0 fully saturated rings. The summed E-state index contributed by atoms with van der Waals surface area (Å²) in [7, 11) is 1.79. The van der Waals surface area contributed by atoms with E-state index in [1.54, 1.807) is 25.2 Å². The topological polar surface area (TPSA) is 69.6 Å². The summed E-state index contributed by atoms with van der Waals surface area (Å²) in [6.45, 7) is 2.47. The molecule has 0 saturated heterocycles. The summed E-state index contributed by atoms with van der Waals surface area (Å²) in [6, 6.07) is 5.08. The second-order valence-corrected chi connectivity index (χ2v) is 4.14. The first-order valence-electron chi connectivity index (χ1n) is 5.66. The van der Waals surface area contributed by atoms with E-state index in [0.717, 1.165) is 11.8 Å². The Morgan fingerprint density at radius 3 is 2.71 bits per heavy atom. The molecule has 4 nitrogen and oxygen atoms in total. The van der Waals surface area contributed by atoms with E-state index in [4.69, 9.17) is 0 Å². The predicted octanol–water partition coefficient (Wildman–Crippen LogP) is 0.811. The molecule has 1 aromatic carbocycles. The Morgan fingerprint density at radius 1 is 1.41 bits per heavy atom. The highest BCUT2D eigenvalue weighted by Crippen LogP contribution is 2.23. The van der Waals surface area contributed by atoms with Gasteiger partial charge in [-0.05, 0) is 44.1 Å². The van der Waals surface area contributed by atoms with Crippen molar-refractivity contribution < 1.29 is 15.0 Å². The molecular formula is C13H19NO3. The van der Waals surface area contributed by atoms with Crippen LogP contribution in [0.2, 0.25) is 0 Å². The lowest BCUT2D eigenvalue weighted by atomic mass is 9.96. The zero-order valence-electron chi connectivity index (χ0n) is 10.2. The van der Waals surface area contributed by atoms with Crippen molar-refractivity contribution in [1.29, 1.82) is 0 Å². The molecule has 0 amide bonds. The molecule has 0 spiro atoms. The van der Waals surface area contributed by atoms with Crippen molar-refractivity contribution in [3.8, 4) is 0 Å². The van der Waals surface area contributed by atoms with Crippen LogP contribution in [0.4, 0.5) is 0 Å². The first-order valence-corrected chi connectivity index (χ1v) is 5.66. The molecule has 0 radical (unpaired) electrons. The molecule has 0 aliphatic carbocycles. The molecule has 17 heavy (non-hydrogen) atoms. The molecule has 0 aromatic heterocycles. The average molecular weight is 237 g/mol. The second-order valence-electron chi connectivity index (χ2n) is 4.14. The Kier molecular flexibility index (Phi) is 5.28. The number of aliphatic hydroxyl groups is 2. The first-order chi connectivity index (χ1) is 8.10. The van der Waals surface area contributed by atoms with E-state index in [0.29, 0.717) is 24.1 Å². The van der Waals surface area contributed by atoms with Gasteiger partial charge in [0.15, 0.2) is 0 Å². The van der Waals surface area contributed by atoms with Crippen molar-refractivity contribution in [2.24, 2.45) is 0 Å². The lowest BCUT2D eigenvalue weighted by Crippen LogP contribution is -2.24. The van der Waals surface area contributed by atoms with E-state index in [9.17, 15) is 15.0 Å². The van der Waals surface area contributed by atoms with Crippen LogP contribution in [0.5, 0.6) is 0 Å². The van der Waals surface area contributed by atoms with E-state index in [1.165, 1.54) is 0 Å². The van der Waals surface area contributed by atoms with Crippen LogP contribution in [0, 0.1) is 6.92 Å². The molecule has 1 rings (SSSR count). The van der Waals surface area contributed by atoms with Crippen molar-refractivity contribution in [2.45, 2.75) is 25.6 Å². The number of carbonyl (C=O) groups excluding carboxylic acids is 1. The highest BCUT2D eigenvalue weighted by atomic mass is 16.3. The average Bonchev–Trinajstić information content (AvgIpc) is 2.35. The van der Waals surface area contributed by atoms with Gasteiger partial charge >= 0.3 is 0 Å². The van der Waals surface area contributed by atoms with Crippen LogP contribution in [-0.4, -0.2) is 36.2 Å². The third kappa shape index (κ3) is 3.63. The van der Waals surface area contributed by atoms with Crippen molar-refractivity contribution in [3.63, 3.8) is 0 Å². The Labute approximate surface area is 101 Å². The molecule has 0 heterocycles. The predicted molar refractivity (Wildman–Crippen MR) is 66.1 cm³/mol. The maximum absolute atomic E-state index is 10.7. The molecule has 94 valence electrons. The molecule has 0 aliphatic rings. The molecule has 3 N–H and O–H groups in total. The minimum absolute atomic E-state index is 0.461. The fourth-order valence-corrected chi connectivity index (χ4v) is 1.71. The normalized spacial score (nSPS) is 14.4. The van der Waals surface area contributed by atoms with Gasteiger partial charge in [-0.3, -0.25) is 4.79 Å². The highest BCUT2D eigenvalue weighted by molar-refractivity contribution is 5.75. The highest BCUT2D eigenvalue weighted by Gasteiger charge is 2.19. The Balaban J connectivity index is 2.86. The lowest BCUT2D eigenvalue weighted by molar-refractivity contribution is 0.0136. The summed E-state index contributed by atoms with van der Waals surface area (Å²) in [5, 5.41) is 22.7. The molecule has 0 aliphatic heterocycles. The van der Waals surface area contributed by atoms with E-state index >= 15 is 0 Å². The summed E-state index contributed by atoms with van der Waals surface area (Å²) in [5.74, 6) is 0. The maximum atomic E-state index is 10.7. The third-order valence-electron chi connectivity index (χ3n) is 2.81. The number of aryl methyl sites for hydroxylation is 1. The SMILES string of the molecule is CNCCC(O)C(O)c1cc(C=O)ccc1C. The van der Waals surface area contributed by atoms with Gasteiger partial charge in [0.25, 0.3) is 0 Å². The van der Waals surface area contributed by atoms with Crippen LogP contribution in [0.15, 0.2) is 18.2 Å². The fraction of sp³-hybridized carbons (Fsp3) is 0.462. The van der Waals surface area contributed by atoms with Gasteiger partial charge in [0.2, 0.25) is 0 Å². The zero-order chi connectivity index (χ0) is 12.8. The number of aldehydes is 1. The largest absolute Gasteiger partial charge is 0.390 e. The van der Waals surface area contributed by atoms with Crippen LogP contribution >= 0.6 is 0 Å². The van der Waals surface area contributed by atoms with Gasteiger partial charge in [-0.2, -0.15) is 0 Å². The summed E-state index contributed by atoms with van der Waals surface area (Å²) in [4.78, 5) is 10.7. The minimum Gasteiger partial charge on any atom is -0.390 e. The van der Waals surface area contributed by atoms with Gasteiger partial charge < -0.3 is 15.5 Å². The first kappa shape index (κ1) is 13.8. The number of hydrogen-bond donors (Lipinski definition) is 3. The molecular weight excluding hydrogens is 218 g/mol. The van der Waals surface area contributed by atoms with Crippen LogP contribution in [0.3, 0.4) is 0 Å². The van der Waals surface area contributed by atoms with Crippen LogP contribution in [0.25, 0.3) is 0 Å². The Morgan fingerprint density at radius 2 is 2.12 bits per heavy atom. The molecule has 2 unspecified atom stereocenters. The van der Waals surface area contributed by atoms with Crippen LogP contribution in [0.1, 0.15) is 34.0 Å². The summed E-state index contributed by atoms with van der Waals surface area (Å²) in [6.07, 6.45) is -0.593. The zero-order valence-corrected chi connectivity index (χ0v) is 10.2. The van der Waals surface area contributed by atoms with E-state index < -0.39 is 12.2 Å². The number of rotatable bonds is 6. The Bertz CT molecular complexity index is 379. The molecule has 1 aromatic rings. The van der Waals surface area contributed by atoms with Crippen molar-refractivity contribution in [1.82, 2.24) is 5.32 Å². The van der Waals surface area contributed by atoms with Crippen molar-refractivity contribution in [3.05, 3.63) is 34.9 Å². The summed E-state index contributed by atoms with van der Waals surface area (Å²) in [5.41, 5.74) is 1.98. The van der Waals surface area contributed by atoms with E-state index in [-0.39, 0.29) is 0 Å². The number of nitrogens with one attached hydrogen (secondary N) is 1. The standard InChI is InChI=1S/C13H19NO3/c1-9-3-4-10(8-15)7-11(9)13(17)12(16)5-6-14-2/h3-4,7-8,12-14,16-17H,5-6H2,1-2H3. The second kappa shape index (κ2) is 6.49. The third-order valence-corrected chi connectivity index (χ3v) is 2.81.